The molecule has 0 fully saturated rings. The monoisotopic (exact) mass is 545 g/mol. The zero-order valence-corrected chi connectivity index (χ0v) is 21.8. The van der Waals surface area contributed by atoms with E-state index < -0.39 is 22.5 Å². The number of hydrogen-bond donors (Lipinski definition) is 2. The topological polar surface area (TPSA) is 95.6 Å². The normalized spacial score (nSPS) is 13.2. The second-order valence-electron chi connectivity index (χ2n) is 8.75. The number of sulfonamides is 1. The molecule has 38 heavy (non-hydrogen) atoms. The Balaban J connectivity index is 1.34. The Kier molecular flexibility index (Phi) is 7.18. The summed E-state index contributed by atoms with van der Waals surface area (Å²) in [7, 11) is -4.01. The maximum absolute atomic E-state index is 13.5. The first-order valence-corrected chi connectivity index (χ1v) is 13.8. The van der Waals surface area contributed by atoms with Gasteiger partial charge in [0.25, 0.3) is 15.9 Å². The van der Waals surface area contributed by atoms with Gasteiger partial charge >= 0.3 is 0 Å². The summed E-state index contributed by atoms with van der Waals surface area (Å²) in [6.07, 6.45) is 0.666. The van der Waals surface area contributed by atoms with Crippen molar-refractivity contribution in [1.82, 2.24) is 5.32 Å². The zero-order chi connectivity index (χ0) is 26.7. The Morgan fingerprint density at radius 1 is 0.816 bits per heavy atom. The minimum Gasteiger partial charge on any atom is -0.352 e. The third kappa shape index (κ3) is 5.14. The number of nitrogens with zero attached hydrogens (tertiary/aromatic N) is 1. The van der Waals surface area contributed by atoms with Crippen LogP contribution in [0.25, 0.3) is 11.1 Å². The Morgan fingerprint density at radius 3 is 2.34 bits per heavy atom. The fraction of sp³-hybridized carbons (Fsp3) is 0.103. The van der Waals surface area contributed by atoms with E-state index in [0.29, 0.717) is 40.5 Å². The average Bonchev–Trinajstić information content (AvgIpc) is 2.92. The predicted molar refractivity (Wildman–Crippen MR) is 149 cm³/mol. The van der Waals surface area contributed by atoms with Gasteiger partial charge < -0.3 is 10.6 Å². The van der Waals surface area contributed by atoms with Crippen molar-refractivity contribution in [2.45, 2.75) is 11.3 Å². The fourth-order valence-corrected chi connectivity index (χ4v) is 6.27. The number of rotatable bonds is 7. The number of anilines is 2. The third-order valence-electron chi connectivity index (χ3n) is 6.25. The first-order valence-electron chi connectivity index (χ1n) is 12.0. The van der Waals surface area contributed by atoms with Crippen LogP contribution >= 0.6 is 11.6 Å². The molecule has 2 N–H and O–H groups in total. The molecule has 5 rings (SSSR count). The minimum atomic E-state index is -4.01. The van der Waals surface area contributed by atoms with E-state index in [9.17, 15) is 18.0 Å². The van der Waals surface area contributed by atoms with Crippen LogP contribution in [0.3, 0.4) is 0 Å². The summed E-state index contributed by atoms with van der Waals surface area (Å²) in [6.45, 7) is -0.0504. The molecule has 0 spiro atoms. The van der Waals surface area contributed by atoms with Crippen LogP contribution in [0.1, 0.15) is 15.9 Å². The first kappa shape index (κ1) is 25.5. The Hall–Kier alpha value is -4.14. The standard InChI is InChI=1S/C29H24ClN3O4S/c30-21-14-15-26-24(18-21)22-10-5-7-13-27(22)38(36,37)33(26)19-28(34)32-25-12-6-4-11-23(25)29(35)31-17-16-20-8-2-1-3-9-20/h1-15,18H,16-17,19H2,(H,31,35)(H,32,34). The van der Waals surface area contributed by atoms with Crippen molar-refractivity contribution in [3.05, 3.63) is 113 Å². The summed E-state index contributed by atoms with van der Waals surface area (Å²) in [5, 5.41) is 6.05. The van der Waals surface area contributed by atoms with Crippen LogP contribution in [-0.4, -0.2) is 33.3 Å². The number of fused-ring (bicyclic) bond motifs is 3. The number of para-hydroxylation sites is 1. The van der Waals surface area contributed by atoms with Gasteiger partial charge in [0.1, 0.15) is 6.54 Å². The highest BCUT2D eigenvalue weighted by atomic mass is 35.5. The Labute approximate surface area is 226 Å². The van der Waals surface area contributed by atoms with Gasteiger partial charge in [-0.25, -0.2) is 8.42 Å². The van der Waals surface area contributed by atoms with Crippen LogP contribution in [-0.2, 0) is 21.2 Å². The smallest absolute Gasteiger partial charge is 0.265 e. The van der Waals surface area contributed by atoms with E-state index >= 15 is 0 Å². The highest BCUT2D eigenvalue weighted by molar-refractivity contribution is 7.93. The number of carbonyl (C=O) groups is 2. The molecule has 1 aliphatic heterocycles. The maximum atomic E-state index is 13.5. The van der Waals surface area contributed by atoms with Crippen molar-refractivity contribution in [2.24, 2.45) is 0 Å². The van der Waals surface area contributed by atoms with E-state index in [4.69, 9.17) is 11.6 Å². The van der Waals surface area contributed by atoms with Crippen molar-refractivity contribution in [3.8, 4) is 11.1 Å². The van der Waals surface area contributed by atoms with Crippen LogP contribution in [0.4, 0.5) is 11.4 Å². The largest absolute Gasteiger partial charge is 0.352 e. The van der Waals surface area contributed by atoms with Crippen LogP contribution in [0.15, 0.2) is 102 Å². The molecule has 192 valence electrons. The molecule has 4 aromatic rings. The van der Waals surface area contributed by atoms with Gasteiger partial charge in [-0.15, -0.1) is 0 Å². The molecule has 0 saturated carbocycles. The van der Waals surface area contributed by atoms with Gasteiger partial charge in [-0.3, -0.25) is 13.9 Å². The van der Waals surface area contributed by atoms with Crippen molar-refractivity contribution in [1.29, 1.82) is 0 Å². The lowest BCUT2D eigenvalue weighted by atomic mass is 10.0. The summed E-state index contributed by atoms with van der Waals surface area (Å²) < 4.78 is 28.1. The molecule has 0 saturated heterocycles. The quantitative estimate of drug-likeness (QED) is 0.337. The molecular formula is C29H24ClN3O4S. The summed E-state index contributed by atoms with van der Waals surface area (Å²) in [4.78, 5) is 26.1. The van der Waals surface area contributed by atoms with Crippen LogP contribution in [0.5, 0.6) is 0 Å². The number of carbonyl (C=O) groups excluding carboxylic acids is 2. The number of nitrogens with one attached hydrogen (secondary N) is 2. The molecule has 0 radical (unpaired) electrons. The minimum absolute atomic E-state index is 0.0979. The van der Waals surface area contributed by atoms with Gasteiger partial charge in [0.2, 0.25) is 5.91 Å². The summed E-state index contributed by atoms with van der Waals surface area (Å²) in [5.74, 6) is -0.922. The van der Waals surface area contributed by atoms with E-state index in [1.807, 2.05) is 30.3 Å². The molecule has 7 nitrogen and oxygen atoms in total. The molecule has 0 bridgehead atoms. The Bertz CT molecular complexity index is 1620. The Morgan fingerprint density at radius 2 is 1.53 bits per heavy atom. The highest BCUT2D eigenvalue weighted by Gasteiger charge is 2.36. The lowest BCUT2D eigenvalue weighted by Gasteiger charge is -2.31. The van der Waals surface area contributed by atoms with Gasteiger partial charge in [-0.1, -0.05) is 72.3 Å². The molecular weight excluding hydrogens is 522 g/mol. The van der Waals surface area contributed by atoms with Crippen LogP contribution < -0.4 is 14.9 Å². The number of benzene rings is 4. The fourth-order valence-electron chi connectivity index (χ4n) is 4.44. The maximum Gasteiger partial charge on any atom is 0.265 e. The molecule has 4 aromatic carbocycles. The van der Waals surface area contributed by atoms with E-state index in [1.54, 1.807) is 60.7 Å². The van der Waals surface area contributed by atoms with Gasteiger partial charge in [0.15, 0.2) is 0 Å². The third-order valence-corrected chi connectivity index (χ3v) is 8.30. The van der Waals surface area contributed by atoms with Crippen molar-refractivity contribution in [2.75, 3.05) is 22.7 Å². The molecule has 1 heterocycles. The predicted octanol–water partition coefficient (Wildman–Crippen LogP) is 5.13. The molecule has 1 aliphatic rings. The van der Waals surface area contributed by atoms with E-state index in [1.165, 1.54) is 6.07 Å². The van der Waals surface area contributed by atoms with Gasteiger partial charge in [-0.05, 0) is 48.4 Å². The lowest BCUT2D eigenvalue weighted by molar-refractivity contribution is -0.114. The summed E-state index contributed by atoms with van der Waals surface area (Å²) in [6, 6.07) is 27.9. The highest BCUT2D eigenvalue weighted by Crippen LogP contribution is 2.43. The second-order valence-corrected chi connectivity index (χ2v) is 11.0. The molecule has 0 unspecified atom stereocenters. The summed E-state index contributed by atoms with van der Waals surface area (Å²) >= 11 is 6.21. The van der Waals surface area contributed by atoms with Crippen molar-refractivity contribution < 1.29 is 18.0 Å². The van der Waals surface area contributed by atoms with Gasteiger partial charge in [-0.2, -0.15) is 0 Å². The van der Waals surface area contributed by atoms with Gasteiger partial charge in [0.05, 0.1) is 21.8 Å². The lowest BCUT2D eigenvalue weighted by Crippen LogP contribution is -2.40. The zero-order valence-electron chi connectivity index (χ0n) is 20.2. The average molecular weight is 546 g/mol. The second kappa shape index (κ2) is 10.7. The van der Waals surface area contributed by atoms with E-state index in [0.717, 1.165) is 9.87 Å². The van der Waals surface area contributed by atoms with Crippen molar-refractivity contribution >= 4 is 44.8 Å². The SMILES string of the molecule is O=C(CN1c2ccc(Cl)cc2-c2ccccc2S1(=O)=O)Nc1ccccc1C(=O)NCCc1ccccc1. The van der Waals surface area contributed by atoms with Crippen LogP contribution in [0, 0.1) is 0 Å². The number of amides is 2. The van der Waals surface area contributed by atoms with Crippen molar-refractivity contribution in [3.63, 3.8) is 0 Å². The molecule has 0 atom stereocenters. The number of halogens is 1. The van der Waals surface area contributed by atoms with E-state index in [2.05, 4.69) is 10.6 Å². The first-order chi connectivity index (χ1) is 18.3. The summed E-state index contributed by atoms with van der Waals surface area (Å²) in [5.41, 5.74) is 3.18. The van der Waals surface area contributed by atoms with Gasteiger partial charge in [0, 0.05) is 22.7 Å². The molecule has 0 aromatic heterocycles. The van der Waals surface area contributed by atoms with Crippen LogP contribution in [0.2, 0.25) is 5.02 Å². The molecule has 2 amide bonds. The molecule has 9 heteroatoms. The number of hydrogen-bond acceptors (Lipinski definition) is 4. The van der Waals surface area contributed by atoms with E-state index in [-0.39, 0.29) is 16.4 Å². The molecule has 0 aliphatic carbocycles.